The molecule has 1 heterocycles. The van der Waals surface area contributed by atoms with Gasteiger partial charge in [-0.15, -0.1) is 0 Å². The summed E-state index contributed by atoms with van der Waals surface area (Å²) in [5, 5.41) is 19.1. The number of carboxylic acid groups (broad SMARTS) is 1. The molecule has 0 amide bonds. The Bertz CT molecular complexity index is 354. The van der Waals surface area contributed by atoms with Gasteiger partial charge < -0.3 is 14.9 Å². The lowest BCUT2D eigenvalue weighted by Crippen LogP contribution is -2.26. The number of ether oxygens (including phenoxy) is 1. The third kappa shape index (κ3) is 11.6. The van der Waals surface area contributed by atoms with Crippen molar-refractivity contribution in [3.05, 3.63) is 0 Å². The molecule has 0 saturated carbocycles. The fraction of sp³-hybridized carbons (Fsp3) is 0.952. The first-order chi connectivity index (χ1) is 11.9. The van der Waals surface area contributed by atoms with Crippen LogP contribution in [-0.4, -0.2) is 34.0 Å². The maximum absolute atomic E-state index is 10.5. The number of aliphatic hydroxyl groups is 1. The summed E-state index contributed by atoms with van der Waals surface area (Å²) in [6, 6.07) is 0. The predicted molar refractivity (Wildman–Crippen MR) is 102 cm³/mol. The Kier molecular flexibility index (Phi) is 11.4. The third-order valence-electron chi connectivity index (χ3n) is 5.44. The number of unbranched alkanes of at least 4 members (excludes halogenated alkanes) is 6. The molecular formula is C21H40O4. The van der Waals surface area contributed by atoms with E-state index in [0.29, 0.717) is 18.6 Å². The summed E-state index contributed by atoms with van der Waals surface area (Å²) < 4.78 is 6.15. The van der Waals surface area contributed by atoms with Crippen molar-refractivity contribution >= 4 is 5.97 Å². The van der Waals surface area contributed by atoms with Crippen LogP contribution < -0.4 is 0 Å². The highest BCUT2D eigenvalue weighted by atomic mass is 16.5. The van der Waals surface area contributed by atoms with E-state index in [4.69, 9.17) is 9.84 Å². The zero-order chi connectivity index (χ0) is 18.5. The smallest absolute Gasteiger partial charge is 0.303 e. The molecule has 1 fully saturated rings. The van der Waals surface area contributed by atoms with E-state index in [1.54, 1.807) is 0 Å². The van der Waals surface area contributed by atoms with Gasteiger partial charge in [-0.1, -0.05) is 51.9 Å². The van der Waals surface area contributed by atoms with E-state index in [1.165, 1.54) is 25.7 Å². The van der Waals surface area contributed by atoms with Crippen molar-refractivity contribution in [2.24, 2.45) is 0 Å². The first-order valence-electron chi connectivity index (χ1n) is 10.5. The average Bonchev–Trinajstić information content (AvgIpc) is 3.00. The van der Waals surface area contributed by atoms with Crippen LogP contribution in [0.1, 0.15) is 110 Å². The Morgan fingerprint density at radius 1 is 0.960 bits per heavy atom. The van der Waals surface area contributed by atoms with Gasteiger partial charge in [0.25, 0.3) is 0 Å². The van der Waals surface area contributed by atoms with Crippen molar-refractivity contribution in [2.75, 3.05) is 0 Å². The van der Waals surface area contributed by atoms with E-state index in [0.717, 1.165) is 64.2 Å². The van der Waals surface area contributed by atoms with Crippen molar-refractivity contribution in [2.45, 2.75) is 128 Å². The van der Waals surface area contributed by atoms with Gasteiger partial charge >= 0.3 is 5.97 Å². The van der Waals surface area contributed by atoms with E-state index in [9.17, 15) is 9.90 Å². The van der Waals surface area contributed by atoms with Gasteiger partial charge in [0, 0.05) is 6.42 Å². The molecule has 4 heteroatoms. The van der Waals surface area contributed by atoms with Crippen molar-refractivity contribution < 1.29 is 19.7 Å². The third-order valence-corrected chi connectivity index (χ3v) is 5.44. The average molecular weight is 357 g/mol. The van der Waals surface area contributed by atoms with E-state index in [2.05, 4.69) is 6.92 Å². The van der Waals surface area contributed by atoms with Crippen LogP contribution in [0.5, 0.6) is 0 Å². The molecule has 1 aliphatic rings. The number of hydrogen-bond acceptors (Lipinski definition) is 3. The van der Waals surface area contributed by atoms with E-state index >= 15 is 0 Å². The second-order valence-corrected chi connectivity index (χ2v) is 8.15. The van der Waals surface area contributed by atoms with Gasteiger partial charge in [-0.2, -0.15) is 0 Å². The Morgan fingerprint density at radius 3 is 2.28 bits per heavy atom. The van der Waals surface area contributed by atoms with Crippen LogP contribution in [0.2, 0.25) is 0 Å². The molecule has 0 aromatic carbocycles. The quantitative estimate of drug-likeness (QED) is 0.382. The molecule has 148 valence electrons. The molecule has 3 unspecified atom stereocenters. The molecule has 1 saturated heterocycles. The summed E-state index contributed by atoms with van der Waals surface area (Å²) in [7, 11) is 0. The largest absolute Gasteiger partial charge is 0.481 e. The second kappa shape index (κ2) is 12.7. The van der Waals surface area contributed by atoms with Gasteiger partial charge in [0.05, 0.1) is 17.8 Å². The molecule has 0 bridgehead atoms. The Hall–Kier alpha value is -0.610. The summed E-state index contributed by atoms with van der Waals surface area (Å²) in [6.45, 7) is 4.16. The molecule has 1 aliphatic heterocycles. The summed E-state index contributed by atoms with van der Waals surface area (Å²) in [4.78, 5) is 10.4. The number of carbonyl (C=O) groups is 1. The summed E-state index contributed by atoms with van der Waals surface area (Å²) >= 11 is 0. The fourth-order valence-electron chi connectivity index (χ4n) is 3.74. The lowest BCUT2D eigenvalue weighted by molar-refractivity contribution is -0.137. The van der Waals surface area contributed by atoms with E-state index in [1.807, 2.05) is 6.92 Å². The SMILES string of the molecule is CCCCCC(C)(O)CCC1CCC(CCCCCCCC(=O)O)O1. The van der Waals surface area contributed by atoms with Gasteiger partial charge in [0.2, 0.25) is 0 Å². The molecule has 0 aromatic rings. The second-order valence-electron chi connectivity index (χ2n) is 8.15. The maximum atomic E-state index is 10.5. The normalized spacial score (nSPS) is 22.8. The molecular weight excluding hydrogens is 316 g/mol. The summed E-state index contributed by atoms with van der Waals surface area (Å²) in [5.41, 5.74) is -0.535. The van der Waals surface area contributed by atoms with Crippen LogP contribution in [-0.2, 0) is 9.53 Å². The van der Waals surface area contributed by atoms with Crippen LogP contribution in [0.25, 0.3) is 0 Å². The number of rotatable bonds is 15. The zero-order valence-electron chi connectivity index (χ0n) is 16.5. The van der Waals surface area contributed by atoms with Crippen LogP contribution >= 0.6 is 0 Å². The van der Waals surface area contributed by atoms with E-state index in [-0.39, 0.29) is 0 Å². The van der Waals surface area contributed by atoms with E-state index < -0.39 is 11.6 Å². The first-order valence-corrected chi connectivity index (χ1v) is 10.5. The predicted octanol–water partition coefficient (Wildman–Crippen LogP) is 5.46. The standard InChI is InChI=1S/C21H40O4/c1-3-4-10-16-21(2,24)17-15-19-14-13-18(25-19)11-8-6-5-7-9-12-20(22)23/h18-19,24H,3-17H2,1-2H3,(H,22,23). The minimum Gasteiger partial charge on any atom is -0.481 e. The summed E-state index contributed by atoms with van der Waals surface area (Å²) in [5.74, 6) is -0.685. The molecule has 2 N–H and O–H groups in total. The molecule has 1 rings (SSSR count). The van der Waals surface area contributed by atoms with Gasteiger partial charge in [-0.3, -0.25) is 4.79 Å². The molecule has 3 atom stereocenters. The topological polar surface area (TPSA) is 66.8 Å². The monoisotopic (exact) mass is 356 g/mol. The Labute approximate surface area is 154 Å². The van der Waals surface area contributed by atoms with Crippen LogP contribution in [0.3, 0.4) is 0 Å². The highest BCUT2D eigenvalue weighted by Crippen LogP contribution is 2.30. The number of hydrogen-bond donors (Lipinski definition) is 2. The summed E-state index contributed by atoms with van der Waals surface area (Å²) in [6.07, 6.45) is 16.0. The molecule has 4 nitrogen and oxygen atoms in total. The minimum absolute atomic E-state index is 0.301. The van der Waals surface area contributed by atoms with Crippen molar-refractivity contribution in [1.29, 1.82) is 0 Å². The molecule has 25 heavy (non-hydrogen) atoms. The molecule has 0 aliphatic carbocycles. The van der Waals surface area contributed by atoms with Gasteiger partial charge in [-0.05, 0) is 51.9 Å². The van der Waals surface area contributed by atoms with Crippen molar-refractivity contribution in [1.82, 2.24) is 0 Å². The first kappa shape index (κ1) is 22.4. The van der Waals surface area contributed by atoms with Gasteiger partial charge in [0.1, 0.15) is 0 Å². The zero-order valence-corrected chi connectivity index (χ0v) is 16.5. The van der Waals surface area contributed by atoms with Crippen molar-refractivity contribution in [3.8, 4) is 0 Å². The highest BCUT2D eigenvalue weighted by Gasteiger charge is 2.28. The van der Waals surface area contributed by atoms with Gasteiger partial charge in [-0.25, -0.2) is 0 Å². The van der Waals surface area contributed by atoms with Crippen molar-refractivity contribution in [3.63, 3.8) is 0 Å². The maximum Gasteiger partial charge on any atom is 0.303 e. The molecule has 0 spiro atoms. The Morgan fingerprint density at radius 2 is 1.60 bits per heavy atom. The number of carboxylic acids is 1. The highest BCUT2D eigenvalue weighted by molar-refractivity contribution is 5.66. The lowest BCUT2D eigenvalue weighted by Gasteiger charge is -2.25. The minimum atomic E-state index is -0.685. The van der Waals surface area contributed by atoms with Crippen LogP contribution in [0.15, 0.2) is 0 Å². The van der Waals surface area contributed by atoms with Gasteiger partial charge in [0.15, 0.2) is 0 Å². The Balaban J connectivity index is 2.02. The number of aliphatic carboxylic acids is 1. The van der Waals surface area contributed by atoms with Crippen LogP contribution in [0, 0.1) is 0 Å². The molecule has 0 radical (unpaired) electrons. The molecule has 0 aromatic heterocycles. The lowest BCUT2D eigenvalue weighted by atomic mass is 9.91. The van der Waals surface area contributed by atoms with Crippen LogP contribution in [0.4, 0.5) is 0 Å². The fourth-order valence-corrected chi connectivity index (χ4v) is 3.74.